The maximum atomic E-state index is 10.5. The van der Waals surface area contributed by atoms with Crippen molar-refractivity contribution in [1.82, 2.24) is 4.57 Å². The first kappa shape index (κ1) is 17.6. The second kappa shape index (κ2) is 7.20. The highest BCUT2D eigenvalue weighted by molar-refractivity contribution is 5.28. The lowest BCUT2D eigenvalue weighted by Crippen LogP contribution is -2.89. The van der Waals surface area contributed by atoms with Gasteiger partial charge in [-0.2, -0.15) is 0 Å². The maximum absolute atomic E-state index is 10.5. The number of aromatic hydroxyl groups is 1. The molecule has 23 heavy (non-hydrogen) atoms. The number of phenols is 1. The van der Waals surface area contributed by atoms with Crippen LogP contribution in [0.2, 0.25) is 0 Å². The number of aromatic nitrogens is 1. The molecule has 2 rings (SSSR count). The summed E-state index contributed by atoms with van der Waals surface area (Å²) in [6.07, 6.45) is -0.552. The number of hydrogen-bond acceptors (Lipinski definition) is 2. The second-order valence-corrected chi connectivity index (χ2v) is 6.70. The molecule has 4 nitrogen and oxygen atoms in total. The predicted molar refractivity (Wildman–Crippen MR) is 92.4 cm³/mol. The molecule has 1 heterocycles. The Kier molecular flexibility index (Phi) is 5.50. The van der Waals surface area contributed by atoms with Gasteiger partial charge in [-0.25, -0.2) is 0 Å². The van der Waals surface area contributed by atoms with Crippen LogP contribution in [0.15, 0.2) is 30.3 Å². The fraction of sp³-hybridized carbons (Fsp3) is 0.474. The minimum absolute atomic E-state index is 0.0432. The highest BCUT2D eigenvalue weighted by atomic mass is 16.3. The van der Waals surface area contributed by atoms with Gasteiger partial charge < -0.3 is 20.1 Å². The van der Waals surface area contributed by atoms with E-state index in [2.05, 4.69) is 43.6 Å². The molecule has 0 saturated carbocycles. The first-order valence-corrected chi connectivity index (χ1v) is 8.29. The Hall–Kier alpha value is -1.78. The molecule has 1 aromatic carbocycles. The standard InChI is InChI=1S/C19H28N2O2/c1-12(2)21-13(3)10-17(15(21)5)11-20-14(4)19(23)16-6-8-18(22)9-7-16/h6-10,12,14,19-20,22-23H,11H2,1-5H3/p+1/t14-,19-/m1/s1. The van der Waals surface area contributed by atoms with E-state index in [0.717, 1.165) is 12.1 Å². The fourth-order valence-electron chi connectivity index (χ4n) is 3.26. The van der Waals surface area contributed by atoms with E-state index in [9.17, 15) is 10.2 Å². The molecule has 0 aliphatic carbocycles. The molecule has 0 spiro atoms. The lowest BCUT2D eigenvalue weighted by atomic mass is 10.0. The number of nitrogens with two attached hydrogens (primary N) is 1. The zero-order valence-electron chi connectivity index (χ0n) is 14.7. The van der Waals surface area contributed by atoms with Gasteiger partial charge in [-0.3, -0.25) is 0 Å². The Morgan fingerprint density at radius 3 is 2.22 bits per heavy atom. The van der Waals surface area contributed by atoms with Gasteiger partial charge in [-0.1, -0.05) is 12.1 Å². The summed E-state index contributed by atoms with van der Waals surface area (Å²) in [5.74, 6) is 0.221. The highest BCUT2D eigenvalue weighted by Gasteiger charge is 2.20. The van der Waals surface area contributed by atoms with Gasteiger partial charge in [0.15, 0.2) is 0 Å². The van der Waals surface area contributed by atoms with Gasteiger partial charge >= 0.3 is 0 Å². The van der Waals surface area contributed by atoms with E-state index in [4.69, 9.17) is 0 Å². The number of rotatable bonds is 6. The van der Waals surface area contributed by atoms with Crippen LogP contribution in [-0.4, -0.2) is 20.8 Å². The quantitative estimate of drug-likeness (QED) is 0.767. The smallest absolute Gasteiger partial charge is 0.130 e. The minimum atomic E-state index is -0.552. The first-order valence-electron chi connectivity index (χ1n) is 8.29. The van der Waals surface area contributed by atoms with Crippen LogP contribution in [0.3, 0.4) is 0 Å². The van der Waals surface area contributed by atoms with Gasteiger partial charge in [-0.15, -0.1) is 0 Å². The van der Waals surface area contributed by atoms with Crippen molar-refractivity contribution >= 4 is 0 Å². The van der Waals surface area contributed by atoms with Crippen LogP contribution in [0.1, 0.15) is 55.4 Å². The normalized spacial score (nSPS) is 14.2. The van der Waals surface area contributed by atoms with Crippen LogP contribution >= 0.6 is 0 Å². The SMILES string of the molecule is Cc1cc(C[NH2+][C@H](C)[C@@H](O)c2ccc(O)cc2)c(C)n1C(C)C. The molecule has 0 aliphatic rings. The van der Waals surface area contributed by atoms with Gasteiger partial charge in [0.2, 0.25) is 0 Å². The van der Waals surface area contributed by atoms with E-state index in [-0.39, 0.29) is 11.8 Å². The number of aliphatic hydroxyl groups is 1. The van der Waals surface area contributed by atoms with Gasteiger partial charge in [0.1, 0.15) is 24.4 Å². The number of nitrogens with zero attached hydrogens (tertiary/aromatic N) is 1. The number of quaternary nitrogens is 1. The van der Waals surface area contributed by atoms with Crippen molar-refractivity contribution in [2.75, 3.05) is 0 Å². The molecular weight excluding hydrogens is 288 g/mol. The average Bonchev–Trinajstić information content (AvgIpc) is 2.79. The largest absolute Gasteiger partial charge is 0.508 e. The minimum Gasteiger partial charge on any atom is -0.508 e. The van der Waals surface area contributed by atoms with E-state index >= 15 is 0 Å². The summed E-state index contributed by atoms with van der Waals surface area (Å²) in [4.78, 5) is 0. The van der Waals surface area contributed by atoms with Crippen molar-refractivity contribution in [2.24, 2.45) is 0 Å². The summed E-state index contributed by atoms with van der Waals surface area (Å²) < 4.78 is 2.35. The van der Waals surface area contributed by atoms with Crippen molar-refractivity contribution < 1.29 is 15.5 Å². The van der Waals surface area contributed by atoms with E-state index in [1.807, 2.05) is 6.92 Å². The topological polar surface area (TPSA) is 62.0 Å². The van der Waals surface area contributed by atoms with Crippen molar-refractivity contribution in [3.05, 3.63) is 52.8 Å². The van der Waals surface area contributed by atoms with Gasteiger partial charge in [0.05, 0.1) is 0 Å². The molecule has 0 fully saturated rings. The van der Waals surface area contributed by atoms with E-state index < -0.39 is 6.10 Å². The maximum Gasteiger partial charge on any atom is 0.130 e. The first-order chi connectivity index (χ1) is 10.8. The summed E-state index contributed by atoms with van der Waals surface area (Å²) in [5.41, 5.74) is 4.74. The number of aliphatic hydroxyl groups excluding tert-OH is 1. The number of phenolic OH excluding ortho intramolecular Hbond substituents is 1. The van der Waals surface area contributed by atoms with Crippen molar-refractivity contribution in [1.29, 1.82) is 0 Å². The lowest BCUT2D eigenvalue weighted by molar-refractivity contribution is -0.709. The average molecular weight is 317 g/mol. The Labute approximate surface area is 138 Å². The van der Waals surface area contributed by atoms with Crippen molar-refractivity contribution in [2.45, 2.75) is 59.4 Å². The van der Waals surface area contributed by atoms with Crippen molar-refractivity contribution in [3.63, 3.8) is 0 Å². The van der Waals surface area contributed by atoms with Gasteiger partial charge in [0.25, 0.3) is 0 Å². The van der Waals surface area contributed by atoms with E-state index in [1.54, 1.807) is 24.3 Å². The van der Waals surface area contributed by atoms with Crippen LogP contribution < -0.4 is 5.32 Å². The van der Waals surface area contributed by atoms with Crippen LogP contribution in [0.5, 0.6) is 5.75 Å². The summed E-state index contributed by atoms with van der Waals surface area (Å²) in [6.45, 7) is 11.6. The number of hydrogen-bond donors (Lipinski definition) is 3. The summed E-state index contributed by atoms with van der Waals surface area (Å²) >= 11 is 0. The highest BCUT2D eigenvalue weighted by Crippen LogP contribution is 2.20. The molecule has 0 aliphatic heterocycles. The van der Waals surface area contributed by atoms with Crippen LogP contribution in [0, 0.1) is 13.8 Å². The molecule has 0 amide bonds. The zero-order chi connectivity index (χ0) is 17.1. The molecule has 4 heteroatoms. The fourth-order valence-corrected chi connectivity index (χ4v) is 3.26. The molecule has 2 atom stereocenters. The van der Waals surface area contributed by atoms with Gasteiger partial charge in [-0.05, 0) is 58.4 Å². The molecule has 126 valence electrons. The third-order valence-electron chi connectivity index (χ3n) is 4.55. The van der Waals surface area contributed by atoms with Crippen LogP contribution in [0.4, 0.5) is 0 Å². The number of aryl methyl sites for hydroxylation is 1. The Balaban J connectivity index is 2.03. The molecule has 0 bridgehead atoms. The Morgan fingerprint density at radius 2 is 1.70 bits per heavy atom. The number of benzene rings is 1. The summed E-state index contributed by atoms with van der Waals surface area (Å²) in [7, 11) is 0. The molecule has 0 radical (unpaired) electrons. The lowest BCUT2D eigenvalue weighted by Gasteiger charge is -2.18. The van der Waals surface area contributed by atoms with E-state index in [0.29, 0.717) is 6.04 Å². The Morgan fingerprint density at radius 1 is 1.09 bits per heavy atom. The van der Waals surface area contributed by atoms with Crippen LogP contribution in [-0.2, 0) is 6.54 Å². The van der Waals surface area contributed by atoms with Crippen molar-refractivity contribution in [3.8, 4) is 5.75 Å². The van der Waals surface area contributed by atoms with Gasteiger partial charge in [0, 0.05) is 23.0 Å². The van der Waals surface area contributed by atoms with E-state index in [1.165, 1.54) is 17.0 Å². The Bertz CT molecular complexity index is 644. The van der Waals surface area contributed by atoms with Crippen LogP contribution in [0.25, 0.3) is 0 Å². The second-order valence-electron chi connectivity index (χ2n) is 6.70. The molecule has 1 aromatic heterocycles. The molecule has 0 unspecified atom stereocenters. The monoisotopic (exact) mass is 317 g/mol. The zero-order valence-corrected chi connectivity index (χ0v) is 14.7. The third-order valence-corrected chi connectivity index (χ3v) is 4.55. The third kappa shape index (κ3) is 3.95. The molecular formula is C19H29N2O2+. The predicted octanol–water partition coefficient (Wildman–Crippen LogP) is 2.58. The summed E-state index contributed by atoms with van der Waals surface area (Å²) in [6, 6.07) is 9.52. The molecule has 4 N–H and O–H groups in total. The summed E-state index contributed by atoms with van der Waals surface area (Å²) in [5, 5.41) is 22.0. The molecule has 0 saturated heterocycles. The molecule has 2 aromatic rings.